The molecule has 2 spiro atoms. The molecule has 7 rings (SSSR count). The third-order valence-electron chi connectivity index (χ3n) is 11.3. The number of ether oxygens (including phenoxy) is 3. The van der Waals surface area contributed by atoms with E-state index in [0.29, 0.717) is 51.6 Å². The van der Waals surface area contributed by atoms with Crippen LogP contribution in [0.1, 0.15) is 73.1 Å². The van der Waals surface area contributed by atoms with E-state index in [-0.39, 0.29) is 18.0 Å². The van der Waals surface area contributed by atoms with Gasteiger partial charge in [0.1, 0.15) is 29.0 Å². The summed E-state index contributed by atoms with van der Waals surface area (Å²) in [6, 6.07) is 0. The molecular weight excluding hydrogens is 530 g/mol. The van der Waals surface area contributed by atoms with Crippen LogP contribution in [0.2, 0.25) is 0 Å². The number of likely N-dealkylation sites (tertiary alicyclic amines) is 1. The van der Waals surface area contributed by atoms with Crippen molar-refractivity contribution in [2.75, 3.05) is 19.7 Å². The third kappa shape index (κ3) is 3.59. The monoisotopic (exact) mass is 573 g/mol. The molecule has 1 unspecified atom stereocenters. The van der Waals surface area contributed by atoms with Crippen molar-refractivity contribution in [3.8, 4) is 0 Å². The summed E-state index contributed by atoms with van der Waals surface area (Å²) in [7, 11) is 0. The molecule has 4 saturated carbocycles. The largest absolute Gasteiger partial charge is 0.460 e. The topological polar surface area (TPSA) is 140 Å². The Morgan fingerprint density at radius 2 is 1.76 bits per heavy atom. The molecule has 0 aromatic heterocycles. The van der Waals surface area contributed by atoms with Crippen LogP contribution in [0.5, 0.6) is 0 Å². The highest BCUT2D eigenvalue weighted by molar-refractivity contribution is 6.06. The zero-order valence-corrected chi connectivity index (χ0v) is 24.7. The van der Waals surface area contributed by atoms with Crippen LogP contribution in [0.15, 0.2) is 12.2 Å². The Balaban J connectivity index is 1.31. The number of ketones is 2. The first-order valence-electron chi connectivity index (χ1n) is 15.0. The molecule has 2 N–H and O–H groups in total. The fourth-order valence-corrected chi connectivity index (χ4v) is 9.61. The second kappa shape index (κ2) is 8.86. The molecule has 1 amide bonds. The number of aliphatic hydroxyl groups excluding tert-OH is 1. The molecular formula is C31H43NO9. The zero-order chi connectivity index (χ0) is 29.9. The van der Waals surface area contributed by atoms with Gasteiger partial charge in [0, 0.05) is 31.3 Å². The summed E-state index contributed by atoms with van der Waals surface area (Å²) in [5.41, 5.74) is -3.83. The van der Waals surface area contributed by atoms with Gasteiger partial charge in [-0.15, -0.1) is 0 Å². The second-order valence-corrected chi connectivity index (χ2v) is 14.9. The number of nitrogens with zero attached hydrogens (tertiary/aromatic N) is 1. The van der Waals surface area contributed by atoms with Crippen LogP contribution >= 0.6 is 0 Å². The number of Topliss-reactive ketones (excluding diaryl/α,β-unsaturated/α-hetero) is 2. The van der Waals surface area contributed by atoms with Crippen LogP contribution in [-0.4, -0.2) is 82.0 Å². The number of carbonyl (C=O) groups excluding carboxylic acids is 4. The number of hydrogen-bond donors (Lipinski definition) is 2. The van der Waals surface area contributed by atoms with Gasteiger partial charge in [0.2, 0.25) is 5.79 Å². The predicted octanol–water partition coefficient (Wildman–Crippen LogP) is 2.78. The summed E-state index contributed by atoms with van der Waals surface area (Å²) in [6.07, 6.45) is -0.509. The normalized spacial score (nSPS) is 43.4. The van der Waals surface area contributed by atoms with Crippen LogP contribution in [0, 0.1) is 39.9 Å². The number of aliphatic hydroxyl groups is 2. The molecule has 0 radical (unpaired) electrons. The van der Waals surface area contributed by atoms with Gasteiger partial charge in [-0.2, -0.15) is 0 Å². The van der Waals surface area contributed by atoms with Crippen LogP contribution in [0.3, 0.4) is 0 Å². The van der Waals surface area contributed by atoms with E-state index in [2.05, 4.69) is 6.58 Å². The number of esters is 1. The maximum Gasteiger partial charge on any atom is 0.410 e. The highest BCUT2D eigenvalue weighted by atomic mass is 16.6. The van der Waals surface area contributed by atoms with E-state index in [1.54, 1.807) is 25.7 Å². The van der Waals surface area contributed by atoms with Crippen molar-refractivity contribution in [1.82, 2.24) is 4.90 Å². The molecule has 3 heterocycles. The van der Waals surface area contributed by atoms with Crippen molar-refractivity contribution < 1.29 is 43.6 Å². The highest BCUT2D eigenvalue weighted by Crippen LogP contribution is 2.76. The SMILES string of the molecule is C=C1C(=O)[C@]23[C@H](OC(=O)C4CCN(C(=O)OC(C)(C)C)CC4)[C@H]1CC[C@H]2[C@@]12COC3(O)[C@@H](O)[C@@H]1C(C)(C)CCC2=O. The molecule has 4 bridgehead atoms. The van der Waals surface area contributed by atoms with Gasteiger partial charge in [0.15, 0.2) is 5.78 Å². The Bertz CT molecular complexity index is 1210. The highest BCUT2D eigenvalue weighted by Gasteiger charge is 2.88. The maximum atomic E-state index is 14.2. The van der Waals surface area contributed by atoms with Crippen molar-refractivity contribution in [2.45, 2.75) is 96.7 Å². The first-order chi connectivity index (χ1) is 19.0. The molecule has 0 aromatic carbocycles. The Labute approximate surface area is 240 Å². The Hall–Kier alpha value is -2.30. The lowest BCUT2D eigenvalue weighted by molar-refractivity contribution is -0.437. The van der Waals surface area contributed by atoms with Gasteiger partial charge in [-0.1, -0.05) is 20.4 Å². The summed E-state index contributed by atoms with van der Waals surface area (Å²) < 4.78 is 17.7. The average Bonchev–Trinajstić information content (AvgIpc) is 3.01. The molecule has 10 heteroatoms. The van der Waals surface area contributed by atoms with Gasteiger partial charge in [-0.05, 0) is 69.8 Å². The van der Waals surface area contributed by atoms with E-state index >= 15 is 0 Å². The molecule has 0 aromatic rings. The van der Waals surface area contributed by atoms with Crippen LogP contribution < -0.4 is 0 Å². The lowest BCUT2D eigenvalue weighted by Crippen LogP contribution is -2.85. The Morgan fingerprint density at radius 3 is 2.39 bits per heavy atom. The maximum absolute atomic E-state index is 14.2. The van der Waals surface area contributed by atoms with Gasteiger partial charge in [0.05, 0.1) is 17.9 Å². The molecule has 3 saturated heterocycles. The quantitative estimate of drug-likeness (QED) is 0.377. The van der Waals surface area contributed by atoms with Gasteiger partial charge in [-0.25, -0.2) is 4.79 Å². The summed E-state index contributed by atoms with van der Waals surface area (Å²) >= 11 is 0. The van der Waals surface area contributed by atoms with E-state index in [1.807, 2.05) is 13.8 Å². The first-order valence-corrected chi connectivity index (χ1v) is 15.0. The van der Waals surface area contributed by atoms with Crippen LogP contribution in [-0.2, 0) is 28.6 Å². The van der Waals surface area contributed by atoms with E-state index in [9.17, 15) is 29.4 Å². The van der Waals surface area contributed by atoms with Crippen molar-refractivity contribution in [1.29, 1.82) is 0 Å². The van der Waals surface area contributed by atoms with Gasteiger partial charge < -0.3 is 29.3 Å². The lowest BCUT2D eigenvalue weighted by Gasteiger charge is -2.73. The molecule has 226 valence electrons. The predicted molar refractivity (Wildman–Crippen MR) is 144 cm³/mol. The van der Waals surface area contributed by atoms with Gasteiger partial charge in [0.25, 0.3) is 0 Å². The fraction of sp³-hybridized carbons (Fsp3) is 0.806. The molecule has 4 aliphatic carbocycles. The summed E-state index contributed by atoms with van der Waals surface area (Å²) in [5, 5.41) is 24.1. The number of fused-ring (bicyclic) bond motifs is 2. The van der Waals surface area contributed by atoms with Crippen molar-refractivity contribution in [3.05, 3.63) is 12.2 Å². The van der Waals surface area contributed by atoms with Crippen molar-refractivity contribution >= 4 is 23.6 Å². The van der Waals surface area contributed by atoms with Crippen molar-refractivity contribution in [2.24, 2.45) is 39.9 Å². The second-order valence-electron chi connectivity index (χ2n) is 14.9. The summed E-state index contributed by atoms with van der Waals surface area (Å²) in [4.78, 5) is 55.8. The minimum atomic E-state index is -2.32. The average molecular weight is 574 g/mol. The summed E-state index contributed by atoms with van der Waals surface area (Å²) in [6.45, 7) is 14.0. The van der Waals surface area contributed by atoms with Crippen molar-refractivity contribution in [3.63, 3.8) is 0 Å². The van der Waals surface area contributed by atoms with Gasteiger partial charge in [-0.3, -0.25) is 14.4 Å². The van der Waals surface area contributed by atoms with Crippen LogP contribution in [0.25, 0.3) is 0 Å². The molecule has 7 fully saturated rings. The standard InChI is InChI=1S/C31H43NO9/c1-16-18-7-8-19-29-15-39-31(38,23(35)21(29)28(5,6)12-9-20(29)33)30(19,22(16)34)24(18)40-25(36)17-10-13-32(14-11-17)26(37)41-27(2,3)4/h17-19,21,23-24,35,38H,1,7-15H2,2-6H3/t18-,19-,21+,23-,24+,29+,30-,31?/m0/s1. The number of amides is 1. The smallest absolute Gasteiger partial charge is 0.410 e. The number of hydrogen-bond acceptors (Lipinski definition) is 9. The molecule has 10 nitrogen and oxygen atoms in total. The minimum Gasteiger partial charge on any atom is -0.460 e. The fourth-order valence-electron chi connectivity index (χ4n) is 9.61. The third-order valence-corrected chi connectivity index (χ3v) is 11.3. The lowest BCUT2D eigenvalue weighted by atomic mass is 9.36. The molecule has 41 heavy (non-hydrogen) atoms. The molecule has 7 aliphatic rings. The number of piperidine rings is 1. The minimum absolute atomic E-state index is 0.0599. The Morgan fingerprint density at radius 1 is 1.10 bits per heavy atom. The molecule has 3 aliphatic heterocycles. The Kier molecular flexibility index (Phi) is 6.22. The first kappa shape index (κ1) is 28.8. The zero-order valence-electron chi connectivity index (χ0n) is 24.7. The van der Waals surface area contributed by atoms with E-state index in [1.165, 1.54) is 0 Å². The van der Waals surface area contributed by atoms with E-state index in [4.69, 9.17) is 14.2 Å². The van der Waals surface area contributed by atoms with Crippen LogP contribution in [0.4, 0.5) is 4.79 Å². The van der Waals surface area contributed by atoms with Gasteiger partial charge >= 0.3 is 12.1 Å². The molecule has 8 atom stereocenters. The van der Waals surface area contributed by atoms with E-state index in [0.717, 1.165) is 0 Å². The van der Waals surface area contributed by atoms with E-state index < -0.39 is 81.4 Å². The summed E-state index contributed by atoms with van der Waals surface area (Å²) in [5.74, 6) is -5.68. The number of carbonyl (C=O) groups is 4. The number of rotatable bonds is 2.